The Hall–Kier alpha value is -3.31. The predicted octanol–water partition coefficient (Wildman–Crippen LogP) is 5.39. The summed E-state index contributed by atoms with van der Waals surface area (Å²) in [6.45, 7) is 3.91. The molecule has 1 heterocycles. The van der Waals surface area contributed by atoms with E-state index < -0.39 is 6.10 Å². The van der Waals surface area contributed by atoms with Gasteiger partial charge in [-0.2, -0.15) is 0 Å². The summed E-state index contributed by atoms with van der Waals surface area (Å²) in [6, 6.07) is 22.7. The normalized spacial score (nSPS) is 15.4. The highest BCUT2D eigenvalue weighted by Gasteiger charge is 2.35. The molecule has 4 rings (SSSR count). The van der Waals surface area contributed by atoms with Crippen LogP contribution in [0.1, 0.15) is 36.6 Å². The van der Waals surface area contributed by atoms with Crippen LogP contribution in [0.15, 0.2) is 72.8 Å². The molecule has 3 aromatic rings. The van der Waals surface area contributed by atoms with Gasteiger partial charge in [0.05, 0.1) is 6.04 Å². The maximum atomic E-state index is 13.7. The Morgan fingerprint density at radius 3 is 2.62 bits per heavy atom. The number of halogens is 1. The summed E-state index contributed by atoms with van der Waals surface area (Å²) in [5.41, 5.74) is 3.60. The van der Waals surface area contributed by atoms with E-state index in [2.05, 4.69) is 5.32 Å². The number of nitrogens with one attached hydrogen (secondary N) is 1. The molecular weight excluding hydrogens is 424 g/mol. The summed E-state index contributed by atoms with van der Waals surface area (Å²) in [7, 11) is 0. The summed E-state index contributed by atoms with van der Waals surface area (Å²) >= 11 is 6.12. The number of hydrogen-bond donors (Lipinski definition) is 1. The van der Waals surface area contributed by atoms with E-state index in [0.29, 0.717) is 29.4 Å². The van der Waals surface area contributed by atoms with Gasteiger partial charge in [0.1, 0.15) is 5.75 Å². The average molecular weight is 449 g/mol. The zero-order valence-corrected chi connectivity index (χ0v) is 18.8. The number of fused-ring (bicyclic) bond motifs is 1. The van der Waals surface area contributed by atoms with E-state index >= 15 is 0 Å². The molecule has 0 fully saturated rings. The van der Waals surface area contributed by atoms with Crippen LogP contribution < -0.4 is 10.1 Å². The first-order chi connectivity index (χ1) is 15.4. The number of carbonyl (C=O) groups is 2. The summed E-state index contributed by atoms with van der Waals surface area (Å²) in [4.78, 5) is 27.0. The molecule has 6 heteroatoms. The molecule has 5 nitrogen and oxygen atoms in total. The van der Waals surface area contributed by atoms with Crippen LogP contribution in [0.5, 0.6) is 5.75 Å². The first-order valence-corrected chi connectivity index (χ1v) is 11.0. The van der Waals surface area contributed by atoms with Crippen LogP contribution in [0.4, 0.5) is 5.69 Å². The largest absolute Gasteiger partial charge is 0.480 e. The number of nitrogens with zero attached hydrogens (tertiary/aromatic N) is 1. The van der Waals surface area contributed by atoms with Gasteiger partial charge in [-0.3, -0.25) is 9.59 Å². The fraction of sp³-hybridized carbons (Fsp3) is 0.231. The molecule has 0 radical (unpaired) electrons. The summed E-state index contributed by atoms with van der Waals surface area (Å²) in [5, 5.41) is 3.44. The zero-order chi connectivity index (χ0) is 22.7. The molecule has 1 aliphatic heterocycles. The number of amides is 2. The van der Waals surface area contributed by atoms with Crippen LogP contribution in [0.3, 0.4) is 0 Å². The van der Waals surface area contributed by atoms with Gasteiger partial charge < -0.3 is 15.0 Å². The van der Waals surface area contributed by atoms with E-state index in [1.54, 1.807) is 6.07 Å². The number of hydrogen-bond acceptors (Lipinski definition) is 3. The zero-order valence-electron chi connectivity index (χ0n) is 18.0. The number of anilines is 1. The second-order valence-electron chi connectivity index (χ2n) is 8.00. The quantitative estimate of drug-likeness (QED) is 0.549. The molecule has 2 amide bonds. The molecule has 0 saturated carbocycles. The Kier molecular flexibility index (Phi) is 6.47. The second-order valence-corrected chi connectivity index (χ2v) is 8.43. The summed E-state index contributed by atoms with van der Waals surface area (Å²) in [5.74, 6) is 0.481. The SMILES string of the molecule is CC(=O)Nc1cccc([C@H](C)N(Cc2ccccc2)C(=O)[C@@H]2Cc3cc(Cl)ccc3O2)c1. The third-order valence-electron chi connectivity index (χ3n) is 5.61. The van der Waals surface area contributed by atoms with Crippen molar-refractivity contribution in [1.29, 1.82) is 0 Å². The Morgan fingerprint density at radius 2 is 1.88 bits per heavy atom. The molecule has 1 N–H and O–H groups in total. The minimum Gasteiger partial charge on any atom is -0.480 e. The third kappa shape index (κ3) is 4.94. The Labute approximate surface area is 193 Å². The van der Waals surface area contributed by atoms with E-state index in [4.69, 9.17) is 16.3 Å². The van der Waals surface area contributed by atoms with Crippen LogP contribution in [-0.2, 0) is 22.6 Å². The summed E-state index contributed by atoms with van der Waals surface area (Å²) < 4.78 is 6.00. The van der Waals surface area contributed by atoms with Gasteiger partial charge in [0.2, 0.25) is 5.91 Å². The lowest BCUT2D eigenvalue weighted by Crippen LogP contribution is -2.42. The minimum absolute atomic E-state index is 0.0846. The van der Waals surface area contributed by atoms with E-state index in [-0.39, 0.29) is 17.9 Å². The molecule has 164 valence electrons. The van der Waals surface area contributed by atoms with Crippen molar-refractivity contribution in [3.05, 3.63) is 94.5 Å². The fourth-order valence-electron chi connectivity index (χ4n) is 3.99. The van der Waals surface area contributed by atoms with Crippen molar-refractivity contribution in [1.82, 2.24) is 4.90 Å². The first kappa shape index (κ1) is 21.9. The number of rotatable bonds is 6. The van der Waals surface area contributed by atoms with Crippen LogP contribution in [0, 0.1) is 0 Å². The van der Waals surface area contributed by atoms with Gasteiger partial charge >= 0.3 is 0 Å². The molecule has 32 heavy (non-hydrogen) atoms. The first-order valence-electron chi connectivity index (χ1n) is 10.6. The van der Waals surface area contributed by atoms with Crippen molar-refractivity contribution in [2.75, 3.05) is 5.32 Å². The van der Waals surface area contributed by atoms with Crippen molar-refractivity contribution in [3.8, 4) is 5.75 Å². The van der Waals surface area contributed by atoms with Gasteiger partial charge in [-0.15, -0.1) is 0 Å². The van der Waals surface area contributed by atoms with E-state index in [9.17, 15) is 9.59 Å². The molecular formula is C26H25ClN2O3. The molecule has 0 aromatic heterocycles. The van der Waals surface area contributed by atoms with Crippen molar-refractivity contribution < 1.29 is 14.3 Å². The Morgan fingerprint density at radius 1 is 1.09 bits per heavy atom. The smallest absolute Gasteiger partial charge is 0.264 e. The van der Waals surface area contributed by atoms with E-state index in [1.165, 1.54) is 6.92 Å². The Bertz CT molecular complexity index is 1130. The fourth-order valence-corrected chi connectivity index (χ4v) is 4.18. The van der Waals surface area contributed by atoms with Gasteiger partial charge in [-0.25, -0.2) is 0 Å². The molecule has 3 aromatic carbocycles. The van der Waals surface area contributed by atoms with Gasteiger partial charge in [-0.1, -0.05) is 54.1 Å². The van der Waals surface area contributed by atoms with Crippen molar-refractivity contribution in [3.63, 3.8) is 0 Å². The van der Waals surface area contributed by atoms with Gasteiger partial charge in [0.25, 0.3) is 5.91 Å². The Balaban J connectivity index is 1.62. The lowest BCUT2D eigenvalue weighted by molar-refractivity contribution is -0.141. The van der Waals surface area contributed by atoms with Crippen LogP contribution in [-0.4, -0.2) is 22.8 Å². The molecule has 0 bridgehead atoms. The number of benzene rings is 3. The monoisotopic (exact) mass is 448 g/mol. The van der Waals surface area contributed by atoms with Crippen molar-refractivity contribution in [2.45, 2.75) is 39.0 Å². The number of ether oxygens (including phenoxy) is 1. The van der Waals surface area contributed by atoms with Crippen molar-refractivity contribution in [2.24, 2.45) is 0 Å². The second kappa shape index (κ2) is 9.45. The molecule has 0 aliphatic carbocycles. The molecule has 0 unspecified atom stereocenters. The van der Waals surface area contributed by atoms with Crippen LogP contribution in [0.2, 0.25) is 5.02 Å². The average Bonchev–Trinajstić information content (AvgIpc) is 3.20. The van der Waals surface area contributed by atoms with E-state index in [1.807, 2.05) is 78.6 Å². The maximum Gasteiger partial charge on any atom is 0.264 e. The minimum atomic E-state index is -0.604. The van der Waals surface area contributed by atoms with Gasteiger partial charge in [-0.05, 0) is 53.9 Å². The standard InChI is InChI=1S/C26H25ClN2O3/c1-17(20-9-6-10-23(14-20)28-18(2)30)29(16-19-7-4-3-5-8-19)26(31)25-15-21-13-22(27)11-12-24(21)32-25/h3-14,17,25H,15-16H2,1-2H3,(H,28,30)/t17-,25-/m0/s1. The predicted molar refractivity (Wildman–Crippen MR) is 126 cm³/mol. The molecule has 0 saturated heterocycles. The van der Waals surface area contributed by atoms with E-state index in [0.717, 1.165) is 16.7 Å². The third-order valence-corrected chi connectivity index (χ3v) is 5.84. The lowest BCUT2D eigenvalue weighted by Gasteiger charge is -2.32. The highest BCUT2D eigenvalue weighted by Crippen LogP contribution is 2.34. The van der Waals surface area contributed by atoms with Crippen molar-refractivity contribution >= 4 is 29.1 Å². The molecule has 1 aliphatic rings. The topological polar surface area (TPSA) is 58.6 Å². The highest BCUT2D eigenvalue weighted by atomic mass is 35.5. The lowest BCUT2D eigenvalue weighted by atomic mass is 10.0. The maximum absolute atomic E-state index is 13.7. The van der Waals surface area contributed by atoms with Gasteiger partial charge in [0.15, 0.2) is 6.10 Å². The molecule has 0 spiro atoms. The van der Waals surface area contributed by atoms with Crippen LogP contribution in [0.25, 0.3) is 0 Å². The summed E-state index contributed by atoms with van der Waals surface area (Å²) in [6.07, 6.45) is -0.119. The number of carbonyl (C=O) groups excluding carboxylic acids is 2. The highest BCUT2D eigenvalue weighted by molar-refractivity contribution is 6.30. The molecule has 2 atom stereocenters. The van der Waals surface area contributed by atoms with Crippen LogP contribution >= 0.6 is 11.6 Å². The van der Waals surface area contributed by atoms with Gasteiger partial charge in [0, 0.05) is 30.6 Å².